The van der Waals surface area contributed by atoms with Crippen LogP contribution < -0.4 is 0 Å². The summed E-state index contributed by atoms with van der Waals surface area (Å²) in [7, 11) is 2.18. The topological polar surface area (TPSA) is 3.24 Å². The van der Waals surface area contributed by atoms with Gasteiger partial charge in [0.05, 0.1) is 0 Å². The molecule has 0 aromatic heterocycles. The normalized spacial score (nSPS) is 25.0. The van der Waals surface area contributed by atoms with Crippen molar-refractivity contribution >= 4 is 0 Å². The molecule has 0 saturated heterocycles. The SMILES string of the molecule is CCC1=CCN(C)C1(C)C. The molecule has 0 saturated carbocycles. The highest BCUT2D eigenvalue weighted by Crippen LogP contribution is 2.29. The molecule has 1 aliphatic heterocycles. The van der Waals surface area contributed by atoms with E-state index in [2.05, 4.69) is 38.8 Å². The molecular weight excluding hydrogens is 122 g/mol. The molecule has 1 rings (SSSR count). The Morgan fingerprint density at radius 3 is 2.40 bits per heavy atom. The summed E-state index contributed by atoms with van der Waals surface area (Å²) in [5.74, 6) is 0. The number of nitrogens with zero attached hydrogens (tertiary/aromatic N) is 1. The lowest BCUT2D eigenvalue weighted by Gasteiger charge is -2.31. The highest BCUT2D eigenvalue weighted by molar-refractivity contribution is 5.23. The second-order valence-electron chi connectivity index (χ2n) is 3.52. The van der Waals surface area contributed by atoms with E-state index in [4.69, 9.17) is 0 Å². The van der Waals surface area contributed by atoms with Crippen molar-refractivity contribution in [2.45, 2.75) is 32.7 Å². The maximum Gasteiger partial charge on any atom is 0.0364 e. The van der Waals surface area contributed by atoms with E-state index in [0.29, 0.717) is 5.54 Å². The highest BCUT2D eigenvalue weighted by atomic mass is 15.2. The zero-order valence-electron chi connectivity index (χ0n) is 7.44. The summed E-state index contributed by atoms with van der Waals surface area (Å²) >= 11 is 0. The Hall–Kier alpha value is -0.300. The minimum atomic E-state index is 0.314. The molecule has 1 nitrogen and oxygen atoms in total. The van der Waals surface area contributed by atoms with Crippen molar-refractivity contribution in [1.82, 2.24) is 4.90 Å². The van der Waals surface area contributed by atoms with Crippen LogP contribution in [0.3, 0.4) is 0 Å². The number of hydrogen-bond donors (Lipinski definition) is 0. The molecule has 0 amide bonds. The predicted molar refractivity (Wildman–Crippen MR) is 45.1 cm³/mol. The minimum Gasteiger partial charge on any atom is -0.294 e. The first kappa shape index (κ1) is 7.80. The van der Waals surface area contributed by atoms with Gasteiger partial charge in [-0.05, 0) is 27.3 Å². The molecule has 0 bridgehead atoms. The second kappa shape index (κ2) is 2.39. The Morgan fingerprint density at radius 1 is 1.60 bits per heavy atom. The van der Waals surface area contributed by atoms with Gasteiger partial charge >= 0.3 is 0 Å². The first-order valence-electron chi connectivity index (χ1n) is 3.99. The van der Waals surface area contributed by atoms with E-state index in [-0.39, 0.29) is 0 Å². The van der Waals surface area contributed by atoms with Crippen LogP contribution in [0, 0.1) is 0 Å². The van der Waals surface area contributed by atoms with Crippen LogP contribution >= 0.6 is 0 Å². The lowest BCUT2D eigenvalue weighted by Crippen LogP contribution is -2.37. The van der Waals surface area contributed by atoms with Gasteiger partial charge in [0.25, 0.3) is 0 Å². The van der Waals surface area contributed by atoms with Gasteiger partial charge in [0, 0.05) is 12.1 Å². The molecule has 1 aliphatic rings. The maximum absolute atomic E-state index is 2.38. The van der Waals surface area contributed by atoms with Gasteiger partial charge < -0.3 is 0 Å². The van der Waals surface area contributed by atoms with Crippen LogP contribution in [0.5, 0.6) is 0 Å². The summed E-state index contributed by atoms with van der Waals surface area (Å²) in [5.41, 5.74) is 1.89. The summed E-state index contributed by atoms with van der Waals surface area (Å²) in [5, 5.41) is 0. The van der Waals surface area contributed by atoms with Gasteiger partial charge in [-0.15, -0.1) is 0 Å². The lowest BCUT2D eigenvalue weighted by atomic mass is 9.94. The average molecular weight is 139 g/mol. The molecule has 1 heteroatoms. The van der Waals surface area contributed by atoms with E-state index in [9.17, 15) is 0 Å². The molecule has 1 heterocycles. The Kier molecular flexibility index (Phi) is 1.86. The van der Waals surface area contributed by atoms with Crippen LogP contribution in [-0.2, 0) is 0 Å². The third-order valence-electron chi connectivity index (χ3n) is 2.73. The quantitative estimate of drug-likeness (QED) is 0.502. The Labute approximate surface area is 63.7 Å². The standard InChI is InChI=1S/C9H17N/c1-5-8-6-7-10(4)9(8,2)3/h6H,5,7H2,1-4H3. The predicted octanol–water partition coefficient (Wildman–Crippen LogP) is 2.05. The maximum atomic E-state index is 2.38. The number of likely N-dealkylation sites (N-methyl/N-ethyl adjacent to an activating group) is 1. The molecule has 0 radical (unpaired) electrons. The van der Waals surface area contributed by atoms with E-state index >= 15 is 0 Å². The molecular formula is C9H17N. The lowest BCUT2D eigenvalue weighted by molar-refractivity contribution is 0.234. The first-order chi connectivity index (χ1) is 4.59. The van der Waals surface area contributed by atoms with Gasteiger partial charge in [-0.25, -0.2) is 0 Å². The van der Waals surface area contributed by atoms with Crippen molar-refractivity contribution < 1.29 is 0 Å². The molecule has 0 N–H and O–H groups in total. The van der Waals surface area contributed by atoms with Crippen molar-refractivity contribution in [3.05, 3.63) is 11.6 Å². The minimum absolute atomic E-state index is 0.314. The monoisotopic (exact) mass is 139 g/mol. The summed E-state index contributed by atoms with van der Waals surface area (Å²) in [6, 6.07) is 0. The molecule has 0 atom stereocenters. The number of hydrogen-bond acceptors (Lipinski definition) is 1. The molecule has 0 aromatic carbocycles. The van der Waals surface area contributed by atoms with Crippen LogP contribution in [0.4, 0.5) is 0 Å². The summed E-state index contributed by atoms with van der Waals surface area (Å²) in [4.78, 5) is 2.38. The van der Waals surface area contributed by atoms with Gasteiger partial charge in [0.2, 0.25) is 0 Å². The van der Waals surface area contributed by atoms with E-state index in [0.717, 1.165) is 6.54 Å². The molecule has 58 valence electrons. The van der Waals surface area contributed by atoms with Crippen LogP contribution in [0.2, 0.25) is 0 Å². The zero-order valence-corrected chi connectivity index (χ0v) is 7.44. The first-order valence-corrected chi connectivity index (χ1v) is 3.99. The van der Waals surface area contributed by atoms with Gasteiger partial charge in [0.15, 0.2) is 0 Å². The molecule has 0 aliphatic carbocycles. The van der Waals surface area contributed by atoms with Crippen molar-refractivity contribution in [3.8, 4) is 0 Å². The second-order valence-corrected chi connectivity index (χ2v) is 3.52. The molecule has 0 aromatic rings. The van der Waals surface area contributed by atoms with E-state index in [1.54, 1.807) is 5.57 Å². The smallest absolute Gasteiger partial charge is 0.0364 e. The van der Waals surface area contributed by atoms with E-state index in [1.807, 2.05) is 0 Å². The van der Waals surface area contributed by atoms with Crippen molar-refractivity contribution in [3.63, 3.8) is 0 Å². The van der Waals surface area contributed by atoms with Crippen molar-refractivity contribution in [2.24, 2.45) is 0 Å². The van der Waals surface area contributed by atoms with Crippen molar-refractivity contribution in [2.75, 3.05) is 13.6 Å². The van der Waals surface area contributed by atoms with Crippen LogP contribution in [0.25, 0.3) is 0 Å². The van der Waals surface area contributed by atoms with Crippen LogP contribution in [-0.4, -0.2) is 24.0 Å². The fourth-order valence-corrected chi connectivity index (χ4v) is 1.55. The summed E-state index contributed by atoms with van der Waals surface area (Å²) in [6.07, 6.45) is 3.54. The Balaban J connectivity index is 2.77. The zero-order chi connectivity index (χ0) is 7.78. The van der Waals surface area contributed by atoms with Gasteiger partial charge in [-0.3, -0.25) is 4.90 Å². The van der Waals surface area contributed by atoms with E-state index < -0.39 is 0 Å². The fraction of sp³-hybridized carbons (Fsp3) is 0.778. The largest absolute Gasteiger partial charge is 0.294 e. The van der Waals surface area contributed by atoms with Gasteiger partial charge in [-0.1, -0.05) is 18.6 Å². The Bertz CT molecular complexity index is 156. The molecule has 0 unspecified atom stereocenters. The van der Waals surface area contributed by atoms with Gasteiger partial charge in [-0.2, -0.15) is 0 Å². The van der Waals surface area contributed by atoms with Crippen LogP contribution in [0.1, 0.15) is 27.2 Å². The average Bonchev–Trinajstić information content (AvgIpc) is 2.10. The Morgan fingerprint density at radius 2 is 2.20 bits per heavy atom. The third kappa shape index (κ3) is 0.988. The number of rotatable bonds is 1. The molecule has 0 spiro atoms. The van der Waals surface area contributed by atoms with Crippen LogP contribution in [0.15, 0.2) is 11.6 Å². The summed E-state index contributed by atoms with van der Waals surface area (Å²) in [6.45, 7) is 7.92. The van der Waals surface area contributed by atoms with Crippen molar-refractivity contribution in [1.29, 1.82) is 0 Å². The molecule has 10 heavy (non-hydrogen) atoms. The summed E-state index contributed by atoms with van der Waals surface area (Å²) < 4.78 is 0. The highest BCUT2D eigenvalue weighted by Gasteiger charge is 2.30. The third-order valence-corrected chi connectivity index (χ3v) is 2.73. The van der Waals surface area contributed by atoms with E-state index in [1.165, 1.54) is 6.42 Å². The fourth-order valence-electron chi connectivity index (χ4n) is 1.55. The molecule has 0 fully saturated rings. The van der Waals surface area contributed by atoms with Gasteiger partial charge in [0.1, 0.15) is 0 Å².